The van der Waals surface area contributed by atoms with Gasteiger partial charge in [0.1, 0.15) is 5.82 Å². The third-order valence-electron chi connectivity index (χ3n) is 6.24. The molecular formula is C24H26ClFN4O3. The van der Waals surface area contributed by atoms with Crippen molar-refractivity contribution in [3.8, 4) is 0 Å². The maximum atomic E-state index is 14.8. The van der Waals surface area contributed by atoms with Crippen molar-refractivity contribution >= 4 is 34.8 Å². The second kappa shape index (κ2) is 9.59. The molecular weight excluding hydrogens is 447 g/mol. The largest absolute Gasteiger partial charge is 0.391 e. The summed E-state index contributed by atoms with van der Waals surface area (Å²) < 4.78 is 14.8. The number of nitrogens with zero attached hydrogens (tertiary/aromatic N) is 2. The van der Waals surface area contributed by atoms with Crippen LogP contribution >= 0.6 is 11.6 Å². The van der Waals surface area contributed by atoms with Crippen molar-refractivity contribution in [2.45, 2.75) is 38.1 Å². The Kier molecular flexibility index (Phi) is 6.78. The van der Waals surface area contributed by atoms with Gasteiger partial charge in [0.2, 0.25) is 12.1 Å². The van der Waals surface area contributed by atoms with Crippen LogP contribution in [0.2, 0.25) is 5.02 Å². The summed E-state index contributed by atoms with van der Waals surface area (Å²) in [5, 5.41) is 16.9. The van der Waals surface area contributed by atoms with Gasteiger partial charge in [-0.25, -0.2) is 9.38 Å². The molecule has 0 aliphatic carbocycles. The van der Waals surface area contributed by atoms with Gasteiger partial charge < -0.3 is 20.6 Å². The molecule has 4 atom stereocenters. The van der Waals surface area contributed by atoms with Crippen molar-refractivity contribution < 1.29 is 19.1 Å². The summed E-state index contributed by atoms with van der Waals surface area (Å²) in [6.45, 7) is 2.40. The average Bonchev–Trinajstić information content (AvgIpc) is 3.32. The molecule has 2 amide bonds. The second-order valence-electron chi connectivity index (χ2n) is 8.41. The number of hydrogen-bond donors (Lipinski definition) is 3. The molecule has 1 fully saturated rings. The summed E-state index contributed by atoms with van der Waals surface area (Å²) in [5.74, 6) is -2.28. The molecule has 7 nitrogen and oxygen atoms in total. The number of aliphatic hydroxyl groups is 1. The molecule has 2 aliphatic heterocycles. The van der Waals surface area contributed by atoms with E-state index in [9.17, 15) is 19.1 Å². The fraction of sp³-hybridized carbons (Fsp3) is 0.375. The van der Waals surface area contributed by atoms with E-state index in [-0.39, 0.29) is 17.3 Å². The average molecular weight is 473 g/mol. The van der Waals surface area contributed by atoms with Gasteiger partial charge in [0, 0.05) is 29.2 Å². The summed E-state index contributed by atoms with van der Waals surface area (Å²) in [6, 6.07) is 10.8. The first-order valence-electron chi connectivity index (χ1n) is 10.9. The third-order valence-corrected chi connectivity index (χ3v) is 6.48. The SMILES string of the molecule is C[C@@H](C(=O)NC1N=C(c2ccccc2F)c2cc(Cl)ccc2N(C)C1=O)[C@@H](O)[C@H]1CCCN1. The lowest BCUT2D eigenvalue weighted by Gasteiger charge is -2.26. The number of rotatable bonds is 5. The monoisotopic (exact) mass is 472 g/mol. The Morgan fingerprint density at radius 2 is 2.06 bits per heavy atom. The topological polar surface area (TPSA) is 94.0 Å². The zero-order valence-electron chi connectivity index (χ0n) is 18.4. The summed E-state index contributed by atoms with van der Waals surface area (Å²) in [7, 11) is 1.56. The van der Waals surface area contributed by atoms with Crippen LogP contribution in [0.5, 0.6) is 0 Å². The number of anilines is 1. The van der Waals surface area contributed by atoms with Gasteiger partial charge in [-0.2, -0.15) is 0 Å². The summed E-state index contributed by atoms with van der Waals surface area (Å²) in [4.78, 5) is 32.1. The van der Waals surface area contributed by atoms with E-state index in [2.05, 4.69) is 15.6 Å². The zero-order chi connectivity index (χ0) is 23.7. The van der Waals surface area contributed by atoms with E-state index in [1.54, 1.807) is 50.4 Å². The lowest BCUT2D eigenvalue weighted by molar-refractivity contribution is -0.132. The molecule has 2 heterocycles. The minimum Gasteiger partial charge on any atom is -0.391 e. The Labute approximate surface area is 196 Å². The maximum absolute atomic E-state index is 14.8. The molecule has 0 saturated carbocycles. The first-order valence-corrected chi connectivity index (χ1v) is 11.3. The highest BCUT2D eigenvalue weighted by Gasteiger charge is 2.36. The van der Waals surface area contributed by atoms with Gasteiger partial charge >= 0.3 is 0 Å². The zero-order valence-corrected chi connectivity index (χ0v) is 19.1. The van der Waals surface area contributed by atoms with Crippen molar-refractivity contribution in [2.75, 3.05) is 18.5 Å². The van der Waals surface area contributed by atoms with Crippen molar-refractivity contribution in [1.29, 1.82) is 0 Å². The van der Waals surface area contributed by atoms with Crippen molar-refractivity contribution in [3.05, 3.63) is 64.4 Å². The van der Waals surface area contributed by atoms with Crippen LogP contribution in [-0.4, -0.2) is 54.5 Å². The number of aliphatic imine (C=N–C) groups is 1. The minimum absolute atomic E-state index is 0.179. The molecule has 0 bridgehead atoms. The number of hydrogen-bond acceptors (Lipinski definition) is 5. The van der Waals surface area contributed by atoms with E-state index in [4.69, 9.17) is 11.6 Å². The number of nitrogens with one attached hydrogen (secondary N) is 2. The number of carbonyl (C=O) groups excluding carboxylic acids is 2. The molecule has 1 unspecified atom stereocenters. The lowest BCUT2D eigenvalue weighted by atomic mass is 9.96. The summed E-state index contributed by atoms with van der Waals surface area (Å²) in [6.07, 6.45) is -0.499. The second-order valence-corrected chi connectivity index (χ2v) is 8.85. The molecule has 3 N–H and O–H groups in total. The molecule has 174 valence electrons. The summed E-state index contributed by atoms with van der Waals surface area (Å²) >= 11 is 6.21. The molecule has 1 saturated heterocycles. The van der Waals surface area contributed by atoms with Crippen LogP contribution in [0, 0.1) is 11.7 Å². The first kappa shape index (κ1) is 23.4. The van der Waals surface area contributed by atoms with Gasteiger partial charge in [0.15, 0.2) is 0 Å². The summed E-state index contributed by atoms with van der Waals surface area (Å²) in [5.41, 5.74) is 1.36. The van der Waals surface area contributed by atoms with Crippen LogP contribution in [0.3, 0.4) is 0 Å². The van der Waals surface area contributed by atoms with Crippen LogP contribution in [0.15, 0.2) is 47.5 Å². The highest BCUT2D eigenvalue weighted by Crippen LogP contribution is 2.30. The first-order chi connectivity index (χ1) is 15.8. The van der Waals surface area contributed by atoms with E-state index < -0.39 is 35.8 Å². The van der Waals surface area contributed by atoms with Crippen LogP contribution < -0.4 is 15.5 Å². The van der Waals surface area contributed by atoms with Crippen molar-refractivity contribution in [2.24, 2.45) is 10.9 Å². The van der Waals surface area contributed by atoms with Crippen LogP contribution in [0.1, 0.15) is 30.9 Å². The van der Waals surface area contributed by atoms with Crippen molar-refractivity contribution in [1.82, 2.24) is 10.6 Å². The molecule has 4 rings (SSSR count). The molecule has 0 aromatic heterocycles. The van der Waals surface area contributed by atoms with Gasteiger partial charge in [-0.15, -0.1) is 0 Å². The van der Waals surface area contributed by atoms with Gasteiger partial charge in [-0.05, 0) is 49.7 Å². The number of fused-ring (bicyclic) bond motifs is 1. The number of carbonyl (C=O) groups is 2. The number of likely N-dealkylation sites (N-methyl/N-ethyl adjacent to an activating group) is 1. The third kappa shape index (κ3) is 4.64. The maximum Gasteiger partial charge on any atom is 0.272 e. The molecule has 0 radical (unpaired) electrons. The quantitative estimate of drug-likeness (QED) is 0.623. The van der Waals surface area contributed by atoms with Crippen molar-refractivity contribution in [3.63, 3.8) is 0 Å². The van der Waals surface area contributed by atoms with Gasteiger partial charge in [-0.1, -0.05) is 30.7 Å². The molecule has 0 spiro atoms. The fourth-order valence-corrected chi connectivity index (χ4v) is 4.45. The van der Waals surface area contributed by atoms with Gasteiger partial charge in [0.05, 0.1) is 23.4 Å². The van der Waals surface area contributed by atoms with Crippen LogP contribution in [0.25, 0.3) is 0 Å². The Bertz CT molecular complexity index is 1100. The Morgan fingerprint density at radius 3 is 2.76 bits per heavy atom. The van der Waals surface area contributed by atoms with E-state index in [0.29, 0.717) is 16.3 Å². The molecule has 2 aromatic carbocycles. The predicted molar refractivity (Wildman–Crippen MR) is 125 cm³/mol. The van der Waals surface area contributed by atoms with Crippen LogP contribution in [-0.2, 0) is 9.59 Å². The van der Waals surface area contributed by atoms with E-state index in [0.717, 1.165) is 19.4 Å². The van der Waals surface area contributed by atoms with E-state index >= 15 is 0 Å². The fourth-order valence-electron chi connectivity index (χ4n) is 4.28. The Hall–Kier alpha value is -2.81. The number of aliphatic hydroxyl groups excluding tert-OH is 1. The minimum atomic E-state index is -1.30. The molecule has 33 heavy (non-hydrogen) atoms. The Balaban J connectivity index is 1.71. The normalized spacial score (nSPS) is 22.3. The number of halogens is 2. The lowest BCUT2D eigenvalue weighted by Crippen LogP contribution is -2.51. The number of benzene rings is 2. The standard InChI is InChI=1S/C24H26ClFN4O3/c1-13(21(31)18-8-5-11-27-18)23(32)29-22-24(33)30(2)19-10-9-14(25)12-16(19)20(28-22)15-6-3-4-7-17(15)26/h3-4,6-7,9-10,12-13,18,21-22,27,31H,5,8,11H2,1-2H3,(H,29,32)/t13-,18-,21-,22?/m1/s1. The van der Waals surface area contributed by atoms with Gasteiger partial charge in [-0.3, -0.25) is 9.59 Å². The highest BCUT2D eigenvalue weighted by atomic mass is 35.5. The molecule has 2 aromatic rings. The van der Waals surface area contributed by atoms with E-state index in [1.807, 2.05) is 0 Å². The number of amides is 2. The Morgan fingerprint density at radius 1 is 1.30 bits per heavy atom. The predicted octanol–water partition coefficient (Wildman–Crippen LogP) is 2.48. The van der Waals surface area contributed by atoms with Crippen LogP contribution in [0.4, 0.5) is 10.1 Å². The number of benzodiazepines with no additional fused rings is 1. The smallest absolute Gasteiger partial charge is 0.272 e. The van der Waals surface area contributed by atoms with Gasteiger partial charge in [0.25, 0.3) is 5.91 Å². The van der Waals surface area contributed by atoms with E-state index in [1.165, 1.54) is 11.0 Å². The molecule has 9 heteroatoms. The highest BCUT2D eigenvalue weighted by molar-refractivity contribution is 6.32. The molecule has 2 aliphatic rings.